The molecule has 2 rings (SSSR count). The minimum Gasteiger partial charge on any atom is -0.258 e. The molecule has 0 N–H and O–H groups in total. The van der Waals surface area contributed by atoms with Crippen LogP contribution >= 0.6 is 34.8 Å². The van der Waals surface area contributed by atoms with Crippen molar-refractivity contribution in [2.75, 3.05) is 0 Å². The van der Waals surface area contributed by atoms with Crippen molar-refractivity contribution in [2.24, 2.45) is 5.92 Å². The fourth-order valence-electron chi connectivity index (χ4n) is 2.00. The third kappa shape index (κ3) is 2.82. The van der Waals surface area contributed by atoms with E-state index in [-0.39, 0.29) is 16.6 Å². The van der Waals surface area contributed by atoms with Gasteiger partial charge in [0.05, 0.1) is 15.5 Å². The van der Waals surface area contributed by atoms with Crippen LogP contribution in [0.5, 0.6) is 0 Å². The summed E-state index contributed by atoms with van der Waals surface area (Å²) < 4.78 is 0. The van der Waals surface area contributed by atoms with Gasteiger partial charge >= 0.3 is 5.69 Å². The first-order chi connectivity index (χ1) is 9.31. The van der Waals surface area contributed by atoms with E-state index in [0.717, 1.165) is 0 Å². The zero-order chi connectivity index (χ0) is 15.0. The smallest absolute Gasteiger partial charge is 0.258 e. The number of halogens is 3. The molecule has 0 unspecified atom stereocenters. The van der Waals surface area contributed by atoms with Crippen LogP contribution in [0.2, 0.25) is 15.1 Å². The van der Waals surface area contributed by atoms with Crippen molar-refractivity contribution in [3.63, 3.8) is 0 Å². The minimum absolute atomic E-state index is 0.0278. The molecule has 1 heterocycles. The Hall–Kier alpha value is -1.10. The van der Waals surface area contributed by atoms with Crippen molar-refractivity contribution < 1.29 is 4.92 Å². The Balaban J connectivity index is 2.85. The second-order valence-corrected chi connectivity index (χ2v) is 6.08. The molecule has 0 bridgehead atoms. The summed E-state index contributed by atoms with van der Waals surface area (Å²) in [4.78, 5) is 15.1. The van der Waals surface area contributed by atoms with Gasteiger partial charge in [0.25, 0.3) is 0 Å². The summed E-state index contributed by atoms with van der Waals surface area (Å²) in [5.74, 6) is 0.209. The molecule has 0 saturated carbocycles. The van der Waals surface area contributed by atoms with Gasteiger partial charge in [-0.1, -0.05) is 48.7 Å². The lowest BCUT2D eigenvalue weighted by molar-refractivity contribution is -0.385. The van der Waals surface area contributed by atoms with Crippen LogP contribution in [0.4, 0.5) is 5.69 Å². The summed E-state index contributed by atoms with van der Waals surface area (Å²) in [5.41, 5.74) is 0.597. The normalized spacial score (nSPS) is 11.3. The first kappa shape index (κ1) is 15.3. The summed E-state index contributed by atoms with van der Waals surface area (Å²) >= 11 is 18.2. The number of fused-ring (bicyclic) bond motifs is 1. The second-order valence-electron chi connectivity index (χ2n) is 4.86. The Bertz CT molecular complexity index is 702. The summed E-state index contributed by atoms with van der Waals surface area (Å²) in [6.45, 7) is 3.90. The standard InChI is InChI=1S/C13H11Cl3N2O2/c1-6(2)3-10-13(18(19)20)11(16)8-4-7(14)5-9(15)12(8)17-10/h4-6H,3H2,1-2H3. The molecule has 1 aromatic heterocycles. The van der Waals surface area contributed by atoms with Crippen LogP contribution in [0.3, 0.4) is 0 Å². The van der Waals surface area contributed by atoms with Gasteiger partial charge < -0.3 is 0 Å². The predicted molar refractivity (Wildman–Crippen MR) is 82.0 cm³/mol. The number of nitro groups is 1. The average molecular weight is 334 g/mol. The van der Waals surface area contributed by atoms with Gasteiger partial charge in [-0.15, -0.1) is 0 Å². The molecule has 2 aromatic rings. The number of aromatic nitrogens is 1. The van der Waals surface area contributed by atoms with Gasteiger partial charge in [0.2, 0.25) is 0 Å². The molecule has 4 nitrogen and oxygen atoms in total. The number of hydrogen-bond donors (Lipinski definition) is 0. The van der Waals surface area contributed by atoms with E-state index in [1.165, 1.54) is 6.07 Å². The molecule has 0 radical (unpaired) electrons. The predicted octanol–water partition coefficient (Wildman–Crippen LogP) is 5.30. The monoisotopic (exact) mass is 332 g/mol. The fourth-order valence-corrected chi connectivity index (χ4v) is 2.86. The Morgan fingerprint density at radius 2 is 1.95 bits per heavy atom. The summed E-state index contributed by atoms with van der Waals surface area (Å²) in [7, 11) is 0. The molecule has 1 aromatic carbocycles. The van der Waals surface area contributed by atoms with Gasteiger partial charge in [-0.05, 0) is 24.5 Å². The van der Waals surface area contributed by atoms with Crippen LogP contribution in [0, 0.1) is 16.0 Å². The van der Waals surface area contributed by atoms with Crippen LogP contribution < -0.4 is 0 Å². The van der Waals surface area contributed by atoms with Gasteiger partial charge in [0, 0.05) is 10.4 Å². The summed E-state index contributed by atoms with van der Waals surface area (Å²) in [5, 5.41) is 12.4. The molecular weight excluding hydrogens is 323 g/mol. The van der Waals surface area contributed by atoms with Crippen LogP contribution in [0.15, 0.2) is 12.1 Å². The van der Waals surface area contributed by atoms with E-state index in [0.29, 0.717) is 33.1 Å². The van der Waals surface area contributed by atoms with Gasteiger partial charge in [-0.3, -0.25) is 10.1 Å². The molecule has 0 fully saturated rings. The van der Waals surface area contributed by atoms with E-state index < -0.39 is 4.92 Å². The lowest BCUT2D eigenvalue weighted by atomic mass is 10.0. The number of rotatable bonds is 3. The highest BCUT2D eigenvalue weighted by molar-refractivity contribution is 6.42. The van der Waals surface area contributed by atoms with Gasteiger partial charge in [-0.25, -0.2) is 4.98 Å². The molecule has 106 valence electrons. The SMILES string of the molecule is CC(C)Cc1nc2c(Cl)cc(Cl)cc2c(Cl)c1[N+](=O)[O-]. The van der Waals surface area contributed by atoms with E-state index in [2.05, 4.69) is 4.98 Å². The van der Waals surface area contributed by atoms with Crippen LogP contribution in [-0.4, -0.2) is 9.91 Å². The molecule has 0 amide bonds. The highest BCUT2D eigenvalue weighted by atomic mass is 35.5. The third-order valence-corrected chi connectivity index (χ3v) is 3.67. The highest BCUT2D eigenvalue weighted by Crippen LogP contribution is 2.38. The average Bonchev–Trinajstić information content (AvgIpc) is 2.29. The number of pyridine rings is 1. The maximum atomic E-state index is 11.3. The minimum atomic E-state index is -0.513. The Morgan fingerprint density at radius 1 is 1.30 bits per heavy atom. The van der Waals surface area contributed by atoms with Gasteiger partial charge in [0.15, 0.2) is 0 Å². The van der Waals surface area contributed by atoms with Crippen molar-refractivity contribution in [3.05, 3.63) is 43.0 Å². The first-order valence-electron chi connectivity index (χ1n) is 5.92. The molecule has 0 atom stereocenters. The van der Waals surface area contributed by atoms with Crippen molar-refractivity contribution in [1.82, 2.24) is 4.98 Å². The fraction of sp³-hybridized carbons (Fsp3) is 0.308. The van der Waals surface area contributed by atoms with Crippen molar-refractivity contribution >= 4 is 51.4 Å². The summed E-state index contributed by atoms with van der Waals surface area (Å²) in [6.07, 6.45) is 0.449. The molecule has 0 aliphatic carbocycles. The van der Waals surface area contributed by atoms with Crippen molar-refractivity contribution in [2.45, 2.75) is 20.3 Å². The first-order valence-corrected chi connectivity index (χ1v) is 7.06. The maximum absolute atomic E-state index is 11.3. The van der Waals surface area contributed by atoms with Crippen molar-refractivity contribution in [3.8, 4) is 0 Å². The topological polar surface area (TPSA) is 56.0 Å². The van der Waals surface area contributed by atoms with E-state index in [9.17, 15) is 10.1 Å². The van der Waals surface area contributed by atoms with E-state index in [1.807, 2.05) is 13.8 Å². The second kappa shape index (κ2) is 5.72. The molecule has 0 spiro atoms. The van der Waals surface area contributed by atoms with Crippen LogP contribution in [0.25, 0.3) is 10.9 Å². The Kier molecular flexibility index (Phi) is 4.37. The third-order valence-electron chi connectivity index (χ3n) is 2.78. The van der Waals surface area contributed by atoms with Gasteiger partial charge in [-0.2, -0.15) is 0 Å². The van der Waals surface area contributed by atoms with Crippen LogP contribution in [-0.2, 0) is 6.42 Å². The summed E-state index contributed by atoms with van der Waals surface area (Å²) in [6, 6.07) is 3.07. The molecular formula is C13H11Cl3N2O2. The quantitative estimate of drug-likeness (QED) is 0.565. The molecule has 0 aliphatic rings. The van der Waals surface area contributed by atoms with E-state index >= 15 is 0 Å². The van der Waals surface area contributed by atoms with E-state index in [1.54, 1.807) is 6.07 Å². The molecule has 0 aliphatic heterocycles. The number of hydrogen-bond acceptors (Lipinski definition) is 3. The Morgan fingerprint density at radius 3 is 2.50 bits per heavy atom. The van der Waals surface area contributed by atoms with E-state index in [4.69, 9.17) is 34.8 Å². The van der Waals surface area contributed by atoms with Crippen molar-refractivity contribution in [1.29, 1.82) is 0 Å². The molecule has 20 heavy (non-hydrogen) atoms. The molecule has 7 heteroatoms. The lowest BCUT2D eigenvalue weighted by Crippen LogP contribution is -2.04. The maximum Gasteiger partial charge on any atom is 0.309 e. The number of benzene rings is 1. The zero-order valence-electron chi connectivity index (χ0n) is 10.8. The highest BCUT2D eigenvalue weighted by Gasteiger charge is 2.25. The van der Waals surface area contributed by atoms with Crippen LogP contribution in [0.1, 0.15) is 19.5 Å². The molecule has 0 saturated heterocycles. The lowest BCUT2D eigenvalue weighted by Gasteiger charge is -2.10. The largest absolute Gasteiger partial charge is 0.309 e. The Labute approximate surface area is 130 Å². The zero-order valence-corrected chi connectivity index (χ0v) is 13.1. The van der Waals surface area contributed by atoms with Gasteiger partial charge in [0.1, 0.15) is 10.7 Å². The number of nitrogens with zero attached hydrogens (tertiary/aromatic N) is 2.